The number of carbonyl (C=O) groups excluding carboxylic acids is 7. The van der Waals surface area contributed by atoms with Gasteiger partial charge in [0.1, 0.15) is 13.2 Å². The number of nitrogens with zero attached hydrogens (tertiary/aromatic N) is 3. The third-order valence-corrected chi connectivity index (χ3v) is 13.8. The lowest BCUT2D eigenvalue weighted by atomic mass is 9.78. The number of piperidine rings is 2. The minimum absolute atomic E-state index is 0.00217. The quantitative estimate of drug-likeness (QED) is 0.0493. The highest BCUT2D eigenvalue weighted by Gasteiger charge is 2.44. The summed E-state index contributed by atoms with van der Waals surface area (Å²) < 4.78 is 15.7. The van der Waals surface area contributed by atoms with Crippen molar-refractivity contribution >= 4 is 76.9 Å². The highest BCUT2D eigenvalue weighted by Crippen LogP contribution is 2.34. The number of methoxy groups -OCH3 is 1. The van der Waals surface area contributed by atoms with Gasteiger partial charge in [-0.3, -0.25) is 34.6 Å². The SMILES string of the molecule is CCc1ccc(NC(=O)OCC2(C(=O)NCc3ccccc3Cl)CCN(C(=O)CCC(=O)OC)CC2)cc1.CCc1ccc(NC(=O)OCC2(N(C=O)Cc3ccccc3Cl)CCN(C(C)=O)CC2)cc1. The third-order valence-electron chi connectivity index (χ3n) is 13.1. The second kappa shape index (κ2) is 27.1. The van der Waals surface area contributed by atoms with Crippen molar-refractivity contribution in [3.05, 3.63) is 129 Å². The molecule has 2 saturated heterocycles. The Morgan fingerprint density at radius 3 is 1.63 bits per heavy atom. The molecule has 0 aromatic heterocycles. The molecule has 3 N–H and O–H groups in total. The van der Waals surface area contributed by atoms with E-state index in [9.17, 15) is 33.6 Å². The zero-order valence-corrected chi connectivity index (χ0v) is 42.3. The smallest absolute Gasteiger partial charge is 0.411 e. The number of amides is 6. The number of hydrogen-bond donors (Lipinski definition) is 3. The maximum absolute atomic E-state index is 13.4. The summed E-state index contributed by atoms with van der Waals surface area (Å²) in [5, 5.41) is 9.47. The molecule has 4 aromatic carbocycles. The Labute approximate surface area is 425 Å². The number of nitrogens with one attached hydrogen (secondary N) is 3. The summed E-state index contributed by atoms with van der Waals surface area (Å²) in [4.78, 5) is 91.5. The van der Waals surface area contributed by atoms with Gasteiger partial charge in [-0.25, -0.2) is 9.59 Å². The minimum atomic E-state index is -1.02. The molecule has 18 heteroatoms. The van der Waals surface area contributed by atoms with E-state index in [1.165, 1.54) is 19.6 Å². The van der Waals surface area contributed by atoms with Crippen LogP contribution in [-0.4, -0.2) is 109 Å². The highest BCUT2D eigenvalue weighted by atomic mass is 35.5. The topological polar surface area (TPSA) is 193 Å². The first-order chi connectivity index (χ1) is 34.1. The van der Waals surface area contributed by atoms with Gasteiger partial charge in [0, 0.05) is 74.0 Å². The Morgan fingerprint density at radius 1 is 0.662 bits per heavy atom. The van der Waals surface area contributed by atoms with Crippen LogP contribution in [0.1, 0.15) is 81.5 Å². The van der Waals surface area contributed by atoms with Gasteiger partial charge in [0.25, 0.3) is 0 Å². The summed E-state index contributed by atoms with van der Waals surface area (Å²) in [6.07, 6.45) is 2.94. The molecular weight excluding hydrogens is 952 g/mol. The summed E-state index contributed by atoms with van der Waals surface area (Å²) in [5.74, 6) is -0.928. The Balaban J connectivity index is 0.000000267. The number of ether oxygens (including phenoxy) is 3. The predicted molar refractivity (Wildman–Crippen MR) is 272 cm³/mol. The fraction of sp³-hybridized carbons (Fsp3) is 0.415. The van der Waals surface area contributed by atoms with Crippen molar-refractivity contribution in [1.82, 2.24) is 20.0 Å². The lowest BCUT2D eigenvalue weighted by Crippen LogP contribution is -2.58. The maximum atomic E-state index is 13.4. The van der Waals surface area contributed by atoms with Crippen LogP contribution in [-0.2, 0) is 64.1 Å². The van der Waals surface area contributed by atoms with Gasteiger partial charge in [-0.2, -0.15) is 0 Å². The summed E-state index contributed by atoms with van der Waals surface area (Å²) >= 11 is 12.6. The van der Waals surface area contributed by atoms with Crippen LogP contribution < -0.4 is 16.0 Å². The minimum Gasteiger partial charge on any atom is -0.469 e. The fourth-order valence-corrected chi connectivity index (χ4v) is 8.73. The van der Waals surface area contributed by atoms with E-state index in [4.69, 9.17) is 32.7 Å². The second-order valence-electron chi connectivity index (χ2n) is 17.6. The van der Waals surface area contributed by atoms with Crippen LogP contribution in [0.5, 0.6) is 0 Å². The van der Waals surface area contributed by atoms with E-state index in [0.29, 0.717) is 73.3 Å². The summed E-state index contributed by atoms with van der Waals surface area (Å²) in [7, 11) is 1.28. The number of likely N-dealkylation sites (tertiary alicyclic amines) is 2. The molecule has 2 heterocycles. The van der Waals surface area contributed by atoms with Crippen molar-refractivity contribution in [2.45, 2.75) is 90.8 Å². The van der Waals surface area contributed by atoms with Crippen molar-refractivity contribution in [2.75, 3.05) is 57.1 Å². The van der Waals surface area contributed by atoms with Crippen LogP contribution in [0.2, 0.25) is 10.0 Å². The zero-order valence-electron chi connectivity index (χ0n) is 40.8. The van der Waals surface area contributed by atoms with E-state index >= 15 is 0 Å². The van der Waals surface area contributed by atoms with E-state index < -0.39 is 29.1 Å². The summed E-state index contributed by atoms with van der Waals surface area (Å²) in [6.45, 7) is 7.56. The Kier molecular flexibility index (Phi) is 21.1. The van der Waals surface area contributed by atoms with Crippen LogP contribution >= 0.6 is 23.2 Å². The van der Waals surface area contributed by atoms with Crippen LogP contribution in [0, 0.1) is 5.41 Å². The first-order valence-electron chi connectivity index (χ1n) is 23.8. The average molecular weight is 1020 g/mol. The molecule has 0 radical (unpaired) electrons. The first kappa shape index (κ1) is 55.3. The van der Waals surface area contributed by atoms with Crippen molar-refractivity contribution < 1.29 is 47.8 Å². The number of halogens is 2. The van der Waals surface area contributed by atoms with Crippen LogP contribution in [0.15, 0.2) is 97.1 Å². The van der Waals surface area contributed by atoms with Gasteiger partial charge in [0.05, 0.1) is 24.5 Å². The molecule has 0 saturated carbocycles. The largest absolute Gasteiger partial charge is 0.469 e. The molecule has 0 atom stereocenters. The maximum Gasteiger partial charge on any atom is 0.411 e. The molecule has 71 heavy (non-hydrogen) atoms. The normalized spacial score (nSPS) is 14.6. The van der Waals surface area contributed by atoms with Gasteiger partial charge in [-0.15, -0.1) is 0 Å². The van der Waals surface area contributed by atoms with Gasteiger partial charge in [0.2, 0.25) is 24.1 Å². The molecule has 6 amide bonds. The third kappa shape index (κ3) is 16.2. The molecule has 0 spiro atoms. The predicted octanol–water partition coefficient (Wildman–Crippen LogP) is 8.82. The highest BCUT2D eigenvalue weighted by molar-refractivity contribution is 6.31. The number of anilines is 2. The van der Waals surface area contributed by atoms with Crippen molar-refractivity contribution in [3.8, 4) is 0 Å². The Bertz CT molecular complexity index is 2440. The molecular formula is C53H64Cl2N6O10. The van der Waals surface area contributed by atoms with Gasteiger partial charge >= 0.3 is 18.2 Å². The standard InChI is InChI=1S/C28H34ClN3O6.C25H30ClN3O4/c1-3-20-8-10-22(11-9-20)31-27(36)38-19-28(26(35)30-18-21-6-4-5-7-23(21)29)14-16-32(17-15-28)24(33)12-13-25(34)37-2;1-3-20-8-10-22(11-9-20)27-24(32)33-17-25(12-14-28(15-13-25)19(2)31)29(18-30)16-21-6-4-5-7-23(21)26/h4-11H,3,12-19H2,1-2H3,(H,30,35)(H,31,36);4-11,18H,3,12-17H2,1-2H3,(H,27,32). The summed E-state index contributed by atoms with van der Waals surface area (Å²) in [6, 6.07) is 29.6. The number of aryl methyl sites for hydroxylation is 2. The lowest BCUT2D eigenvalue weighted by molar-refractivity contribution is -0.146. The van der Waals surface area contributed by atoms with E-state index in [0.717, 1.165) is 35.9 Å². The van der Waals surface area contributed by atoms with Gasteiger partial charge in [-0.1, -0.05) is 97.7 Å². The van der Waals surface area contributed by atoms with E-state index in [1.54, 1.807) is 39.0 Å². The van der Waals surface area contributed by atoms with Crippen molar-refractivity contribution in [1.29, 1.82) is 0 Å². The van der Waals surface area contributed by atoms with Gasteiger partial charge in [0.15, 0.2) is 0 Å². The van der Waals surface area contributed by atoms with Gasteiger partial charge < -0.3 is 34.2 Å². The molecule has 0 aliphatic carbocycles. The van der Waals surface area contributed by atoms with E-state index in [1.807, 2.05) is 79.7 Å². The average Bonchev–Trinajstić information content (AvgIpc) is 3.39. The van der Waals surface area contributed by atoms with E-state index in [2.05, 4.69) is 27.6 Å². The number of rotatable bonds is 18. The molecule has 380 valence electrons. The molecule has 0 bridgehead atoms. The lowest BCUT2D eigenvalue weighted by Gasteiger charge is -2.46. The molecule has 6 rings (SSSR count). The van der Waals surface area contributed by atoms with Crippen LogP contribution in [0.4, 0.5) is 21.0 Å². The number of carbonyl (C=O) groups is 7. The van der Waals surface area contributed by atoms with Crippen molar-refractivity contribution in [3.63, 3.8) is 0 Å². The second-order valence-corrected chi connectivity index (χ2v) is 18.4. The molecule has 16 nitrogen and oxygen atoms in total. The van der Waals surface area contributed by atoms with Gasteiger partial charge in [-0.05, 0) is 97.2 Å². The molecule has 2 aliphatic rings. The molecule has 4 aromatic rings. The molecule has 0 unspecified atom stereocenters. The number of benzene rings is 4. The number of esters is 1. The van der Waals surface area contributed by atoms with E-state index in [-0.39, 0.29) is 56.9 Å². The van der Waals surface area contributed by atoms with Crippen LogP contribution in [0.25, 0.3) is 0 Å². The number of hydrogen-bond acceptors (Lipinski definition) is 10. The molecule has 2 aliphatic heterocycles. The Hall–Kier alpha value is -6.65. The Morgan fingerprint density at radius 2 is 1.15 bits per heavy atom. The zero-order chi connectivity index (χ0) is 51.4. The summed E-state index contributed by atoms with van der Waals surface area (Å²) in [5.41, 5.74) is 3.36. The first-order valence-corrected chi connectivity index (χ1v) is 24.5. The fourth-order valence-electron chi connectivity index (χ4n) is 8.33. The van der Waals surface area contributed by atoms with Crippen molar-refractivity contribution in [2.24, 2.45) is 5.41 Å². The molecule has 2 fully saturated rings. The monoisotopic (exact) mass is 1010 g/mol. The van der Waals surface area contributed by atoms with Crippen LogP contribution in [0.3, 0.4) is 0 Å².